The topological polar surface area (TPSA) is 95.9 Å². The van der Waals surface area contributed by atoms with Crippen molar-refractivity contribution in [3.05, 3.63) is 24.1 Å². The Labute approximate surface area is 73.1 Å². The molecule has 0 spiro atoms. The first-order valence-corrected chi connectivity index (χ1v) is 3.37. The molecule has 3 N–H and O–H groups in total. The second-order valence-corrected chi connectivity index (χ2v) is 2.28. The fourth-order valence-corrected chi connectivity index (χ4v) is 0.858. The predicted octanol–water partition coefficient (Wildman–Crippen LogP) is -0.296. The van der Waals surface area contributed by atoms with E-state index in [1.807, 2.05) is 0 Å². The second kappa shape index (κ2) is 3.61. The summed E-state index contributed by atoms with van der Waals surface area (Å²) in [7, 11) is 0. The van der Waals surface area contributed by atoms with Gasteiger partial charge in [-0.25, -0.2) is 10.3 Å². The molecule has 70 valence electrons. The maximum Gasteiger partial charge on any atom is 0.334 e. The van der Waals surface area contributed by atoms with Crippen LogP contribution in [-0.4, -0.2) is 22.2 Å². The van der Waals surface area contributed by atoms with Crippen molar-refractivity contribution in [2.45, 2.75) is 0 Å². The Morgan fingerprint density at radius 3 is 2.69 bits per heavy atom. The minimum atomic E-state index is -1.30. The molecule has 1 rings (SSSR count). The lowest BCUT2D eigenvalue weighted by Crippen LogP contribution is -2.20. The number of carboxylic acid groups (broad SMARTS) is 2. The van der Waals surface area contributed by atoms with E-state index in [4.69, 9.17) is 10.2 Å². The van der Waals surface area contributed by atoms with E-state index < -0.39 is 17.9 Å². The fourth-order valence-electron chi connectivity index (χ4n) is 0.858. The molecule has 0 fully saturated rings. The zero-order chi connectivity index (χ0) is 9.84. The molecule has 0 aliphatic carbocycles. The number of carbonyl (C=O) groups is 2. The molecule has 13 heavy (non-hydrogen) atoms. The highest BCUT2D eigenvalue weighted by molar-refractivity contribution is 5.94. The van der Waals surface area contributed by atoms with E-state index >= 15 is 0 Å². The Hall–Kier alpha value is -1.98. The molecule has 0 aromatic heterocycles. The molecular formula is C7H7NO5. The molecule has 0 amide bonds. The number of carboxylic acids is 2. The minimum absolute atomic E-state index is 0.277. The quantitative estimate of drug-likeness (QED) is 0.546. The molecule has 1 aliphatic heterocycles. The Kier molecular flexibility index (Phi) is 2.53. The van der Waals surface area contributed by atoms with Gasteiger partial charge in [-0.2, -0.15) is 0 Å². The molecule has 1 unspecified atom stereocenters. The van der Waals surface area contributed by atoms with Crippen LogP contribution in [0.1, 0.15) is 0 Å². The molecule has 0 aromatic rings. The van der Waals surface area contributed by atoms with Crippen molar-refractivity contribution in [2.75, 3.05) is 0 Å². The van der Waals surface area contributed by atoms with Crippen LogP contribution in [0.25, 0.3) is 0 Å². The zero-order valence-corrected chi connectivity index (χ0v) is 6.43. The van der Waals surface area contributed by atoms with Crippen LogP contribution in [0.5, 0.6) is 0 Å². The largest absolute Gasteiger partial charge is 0.481 e. The van der Waals surface area contributed by atoms with Gasteiger partial charge in [0, 0.05) is 6.20 Å². The average Bonchev–Trinajstić information content (AvgIpc) is 2.27. The molecule has 6 heteroatoms. The Morgan fingerprint density at radius 2 is 2.15 bits per heavy atom. The summed E-state index contributed by atoms with van der Waals surface area (Å²) in [4.78, 5) is 25.7. The predicted molar refractivity (Wildman–Crippen MR) is 40.2 cm³/mol. The van der Waals surface area contributed by atoms with E-state index in [0.717, 1.165) is 18.5 Å². The second-order valence-electron chi connectivity index (χ2n) is 2.28. The third-order valence-electron chi connectivity index (χ3n) is 1.47. The van der Waals surface area contributed by atoms with Crippen molar-refractivity contribution in [1.29, 1.82) is 0 Å². The van der Waals surface area contributed by atoms with E-state index in [0.29, 0.717) is 0 Å². The first kappa shape index (κ1) is 9.11. The van der Waals surface area contributed by atoms with E-state index in [1.54, 1.807) is 0 Å². The van der Waals surface area contributed by atoms with Gasteiger partial charge in [-0.15, -0.1) is 0 Å². The van der Waals surface area contributed by atoms with E-state index in [2.05, 4.69) is 10.3 Å². The van der Waals surface area contributed by atoms with Gasteiger partial charge in [-0.1, -0.05) is 0 Å². The van der Waals surface area contributed by atoms with Crippen LogP contribution >= 0.6 is 0 Å². The summed E-state index contributed by atoms with van der Waals surface area (Å²) in [5.41, 5.74) is 1.89. The van der Waals surface area contributed by atoms with Crippen LogP contribution in [0, 0.1) is 5.92 Å². The van der Waals surface area contributed by atoms with Crippen LogP contribution in [0.15, 0.2) is 24.1 Å². The van der Waals surface area contributed by atoms with Crippen LogP contribution in [0.3, 0.4) is 0 Å². The van der Waals surface area contributed by atoms with Crippen LogP contribution in [-0.2, 0) is 14.4 Å². The maximum atomic E-state index is 10.6. The fraction of sp³-hybridized carbons (Fsp3) is 0.143. The number of nitrogens with one attached hydrogen (secondary N) is 1. The van der Waals surface area contributed by atoms with Crippen molar-refractivity contribution in [1.82, 2.24) is 5.48 Å². The van der Waals surface area contributed by atoms with Gasteiger partial charge in [0.15, 0.2) is 0 Å². The van der Waals surface area contributed by atoms with Gasteiger partial charge < -0.3 is 15.1 Å². The third-order valence-corrected chi connectivity index (χ3v) is 1.47. The van der Waals surface area contributed by atoms with E-state index in [-0.39, 0.29) is 5.57 Å². The standard InChI is InChI=1S/C7H7NO5/c9-6(10)4-1-2-13-8-3-5(4)7(11)12/h1-4,8H,(H,9,10)(H,11,12). The molecule has 0 radical (unpaired) electrons. The minimum Gasteiger partial charge on any atom is -0.481 e. The Bertz CT molecular complexity index is 293. The monoisotopic (exact) mass is 185 g/mol. The van der Waals surface area contributed by atoms with Crippen molar-refractivity contribution in [2.24, 2.45) is 5.92 Å². The molecule has 0 aromatic carbocycles. The molecule has 0 saturated heterocycles. The lowest BCUT2D eigenvalue weighted by atomic mass is 10.0. The van der Waals surface area contributed by atoms with Gasteiger partial charge in [0.25, 0.3) is 0 Å². The number of aliphatic carboxylic acids is 2. The van der Waals surface area contributed by atoms with Crippen LogP contribution < -0.4 is 5.48 Å². The summed E-state index contributed by atoms with van der Waals surface area (Å²) in [5, 5.41) is 17.3. The molecule has 1 heterocycles. The highest BCUT2D eigenvalue weighted by Gasteiger charge is 2.26. The zero-order valence-electron chi connectivity index (χ0n) is 6.43. The molecule has 1 aliphatic rings. The summed E-state index contributed by atoms with van der Waals surface area (Å²) >= 11 is 0. The number of hydrogen-bond donors (Lipinski definition) is 3. The van der Waals surface area contributed by atoms with Crippen LogP contribution in [0.4, 0.5) is 0 Å². The molecule has 0 bridgehead atoms. The van der Waals surface area contributed by atoms with E-state index in [9.17, 15) is 9.59 Å². The highest BCUT2D eigenvalue weighted by Crippen LogP contribution is 2.14. The number of hydroxylamine groups is 1. The summed E-state index contributed by atoms with van der Waals surface area (Å²) in [6.07, 6.45) is 3.23. The van der Waals surface area contributed by atoms with Gasteiger partial charge in [0.2, 0.25) is 0 Å². The molecule has 6 nitrogen and oxygen atoms in total. The van der Waals surface area contributed by atoms with Gasteiger partial charge in [0.1, 0.15) is 12.2 Å². The molecule has 0 saturated carbocycles. The molecular weight excluding hydrogens is 178 g/mol. The first-order chi connectivity index (χ1) is 6.13. The van der Waals surface area contributed by atoms with Gasteiger partial charge in [-0.3, -0.25) is 4.79 Å². The summed E-state index contributed by atoms with van der Waals surface area (Å²) in [6, 6.07) is 0. The third kappa shape index (κ3) is 1.98. The van der Waals surface area contributed by atoms with Crippen molar-refractivity contribution in [3.8, 4) is 0 Å². The SMILES string of the molecule is O=C(O)C1=CNOC=CC1C(=O)O. The smallest absolute Gasteiger partial charge is 0.334 e. The van der Waals surface area contributed by atoms with Gasteiger partial charge in [0.05, 0.1) is 5.57 Å². The van der Waals surface area contributed by atoms with Crippen LogP contribution in [0.2, 0.25) is 0 Å². The lowest BCUT2D eigenvalue weighted by Gasteiger charge is -2.04. The first-order valence-electron chi connectivity index (χ1n) is 3.37. The Morgan fingerprint density at radius 1 is 1.46 bits per heavy atom. The summed E-state index contributed by atoms with van der Waals surface area (Å²) in [6.45, 7) is 0. The molecule has 1 atom stereocenters. The average molecular weight is 185 g/mol. The van der Waals surface area contributed by atoms with Crippen molar-refractivity contribution >= 4 is 11.9 Å². The normalized spacial score (nSPS) is 20.6. The number of hydrogen-bond acceptors (Lipinski definition) is 4. The number of rotatable bonds is 2. The van der Waals surface area contributed by atoms with Gasteiger partial charge >= 0.3 is 11.9 Å². The summed E-state index contributed by atoms with van der Waals surface area (Å²) in [5.74, 6) is -3.72. The highest BCUT2D eigenvalue weighted by atomic mass is 16.6. The lowest BCUT2D eigenvalue weighted by molar-refractivity contribution is -0.142. The van der Waals surface area contributed by atoms with Gasteiger partial charge in [-0.05, 0) is 6.08 Å². The maximum absolute atomic E-state index is 10.6. The Balaban J connectivity index is 2.98. The van der Waals surface area contributed by atoms with Crippen molar-refractivity contribution < 1.29 is 24.6 Å². The van der Waals surface area contributed by atoms with Crippen molar-refractivity contribution in [3.63, 3.8) is 0 Å². The van der Waals surface area contributed by atoms with E-state index in [1.165, 1.54) is 0 Å². The summed E-state index contributed by atoms with van der Waals surface area (Å²) < 4.78 is 0.